The Kier molecular flexibility index (Phi) is 4.62. The molecule has 16 heavy (non-hydrogen) atoms. The highest BCUT2D eigenvalue weighted by Crippen LogP contribution is 2.27. The molecule has 0 unspecified atom stereocenters. The van der Waals surface area contributed by atoms with Crippen molar-refractivity contribution in [1.29, 1.82) is 0 Å². The molecule has 90 valence electrons. The first-order chi connectivity index (χ1) is 7.54. The molecular formula is C13H22N2O. The Morgan fingerprint density at radius 3 is 2.38 bits per heavy atom. The minimum Gasteiger partial charge on any atom is -0.495 e. The molecule has 0 radical (unpaired) electrons. The van der Waals surface area contributed by atoms with Gasteiger partial charge in [-0.05, 0) is 51.2 Å². The van der Waals surface area contributed by atoms with E-state index in [1.807, 2.05) is 0 Å². The fraction of sp³-hybridized carbons (Fsp3) is 0.538. The molecule has 0 aromatic heterocycles. The summed E-state index contributed by atoms with van der Waals surface area (Å²) in [4.78, 5) is 2.15. The summed E-state index contributed by atoms with van der Waals surface area (Å²) >= 11 is 0. The molecule has 1 aromatic rings. The van der Waals surface area contributed by atoms with Crippen molar-refractivity contribution in [3.05, 3.63) is 23.3 Å². The molecule has 0 aliphatic heterocycles. The van der Waals surface area contributed by atoms with Crippen LogP contribution in [0.1, 0.15) is 11.1 Å². The lowest BCUT2D eigenvalue weighted by Crippen LogP contribution is -2.21. The van der Waals surface area contributed by atoms with Gasteiger partial charge in [-0.3, -0.25) is 0 Å². The van der Waals surface area contributed by atoms with Gasteiger partial charge in [0.25, 0.3) is 0 Å². The van der Waals surface area contributed by atoms with Gasteiger partial charge in [0.15, 0.2) is 0 Å². The summed E-state index contributed by atoms with van der Waals surface area (Å²) in [6, 6.07) is 4.22. The van der Waals surface area contributed by atoms with Crippen LogP contribution in [0.4, 0.5) is 5.69 Å². The highest BCUT2D eigenvalue weighted by Gasteiger charge is 2.05. The summed E-state index contributed by atoms with van der Waals surface area (Å²) < 4.78 is 5.36. The molecule has 3 nitrogen and oxygen atoms in total. The monoisotopic (exact) mass is 222 g/mol. The Hall–Kier alpha value is -1.22. The van der Waals surface area contributed by atoms with Crippen molar-refractivity contribution >= 4 is 5.69 Å². The Morgan fingerprint density at radius 1 is 1.19 bits per heavy atom. The quantitative estimate of drug-likeness (QED) is 0.827. The van der Waals surface area contributed by atoms with Crippen molar-refractivity contribution in [1.82, 2.24) is 4.90 Å². The minimum atomic E-state index is 0.918. The number of ether oxygens (including phenoxy) is 1. The Labute approximate surface area is 98.4 Å². The third kappa shape index (κ3) is 3.42. The molecule has 0 amide bonds. The predicted molar refractivity (Wildman–Crippen MR) is 69.5 cm³/mol. The van der Waals surface area contributed by atoms with E-state index in [-0.39, 0.29) is 0 Å². The van der Waals surface area contributed by atoms with Crippen LogP contribution in [0.25, 0.3) is 0 Å². The highest BCUT2D eigenvalue weighted by atomic mass is 16.5. The van der Waals surface area contributed by atoms with E-state index in [0.717, 1.165) is 24.5 Å². The summed E-state index contributed by atoms with van der Waals surface area (Å²) in [6.45, 7) is 6.15. The number of methoxy groups -OCH3 is 1. The third-order valence-corrected chi connectivity index (χ3v) is 2.69. The maximum atomic E-state index is 5.36. The zero-order chi connectivity index (χ0) is 12.1. The zero-order valence-corrected chi connectivity index (χ0v) is 10.9. The topological polar surface area (TPSA) is 24.5 Å². The van der Waals surface area contributed by atoms with Crippen molar-refractivity contribution in [2.45, 2.75) is 13.8 Å². The first-order valence-corrected chi connectivity index (χ1v) is 5.58. The lowest BCUT2D eigenvalue weighted by atomic mass is 10.1. The number of anilines is 1. The molecule has 0 saturated carbocycles. The molecule has 3 heteroatoms. The van der Waals surface area contributed by atoms with Crippen LogP contribution in [0.5, 0.6) is 5.75 Å². The van der Waals surface area contributed by atoms with Crippen molar-refractivity contribution in [2.24, 2.45) is 0 Å². The molecule has 0 bridgehead atoms. The van der Waals surface area contributed by atoms with E-state index in [1.165, 1.54) is 11.1 Å². The van der Waals surface area contributed by atoms with Gasteiger partial charge in [-0.15, -0.1) is 0 Å². The van der Waals surface area contributed by atoms with Gasteiger partial charge in [-0.25, -0.2) is 0 Å². The Bertz CT molecular complexity index is 348. The molecular weight excluding hydrogens is 200 g/mol. The van der Waals surface area contributed by atoms with Gasteiger partial charge in [-0.2, -0.15) is 0 Å². The third-order valence-electron chi connectivity index (χ3n) is 2.69. The molecule has 0 aliphatic rings. The van der Waals surface area contributed by atoms with Crippen LogP contribution in [-0.2, 0) is 0 Å². The Morgan fingerprint density at radius 2 is 1.81 bits per heavy atom. The van der Waals surface area contributed by atoms with Gasteiger partial charge >= 0.3 is 0 Å². The van der Waals surface area contributed by atoms with E-state index in [9.17, 15) is 0 Å². The van der Waals surface area contributed by atoms with Crippen LogP contribution < -0.4 is 10.1 Å². The van der Waals surface area contributed by atoms with Gasteiger partial charge in [0.2, 0.25) is 0 Å². The maximum absolute atomic E-state index is 5.36. The van der Waals surface area contributed by atoms with Crippen molar-refractivity contribution in [3.8, 4) is 5.75 Å². The van der Waals surface area contributed by atoms with Crippen LogP contribution >= 0.6 is 0 Å². The average Bonchev–Trinajstić information content (AvgIpc) is 2.22. The summed E-state index contributed by atoms with van der Waals surface area (Å²) in [7, 11) is 5.85. The van der Waals surface area contributed by atoms with Crippen LogP contribution in [0, 0.1) is 13.8 Å². The molecule has 0 saturated heterocycles. The van der Waals surface area contributed by atoms with E-state index in [0.29, 0.717) is 0 Å². The molecule has 1 N–H and O–H groups in total. The normalized spacial score (nSPS) is 10.6. The predicted octanol–water partition coefficient (Wildman–Crippen LogP) is 2.29. The number of likely N-dealkylation sites (N-methyl/N-ethyl adjacent to an activating group) is 1. The second-order valence-corrected chi connectivity index (χ2v) is 4.37. The number of nitrogens with one attached hydrogen (secondary N) is 1. The molecule has 0 fully saturated rings. The maximum Gasteiger partial charge on any atom is 0.142 e. The largest absolute Gasteiger partial charge is 0.495 e. The Balaban J connectivity index is 2.74. The first-order valence-electron chi connectivity index (χ1n) is 5.58. The van der Waals surface area contributed by atoms with Gasteiger partial charge in [0, 0.05) is 13.1 Å². The molecule has 0 aliphatic carbocycles. The highest BCUT2D eigenvalue weighted by molar-refractivity contribution is 5.60. The molecule has 0 atom stereocenters. The molecule has 1 aromatic carbocycles. The average molecular weight is 222 g/mol. The van der Waals surface area contributed by atoms with Crippen LogP contribution in [0.3, 0.4) is 0 Å². The minimum absolute atomic E-state index is 0.918. The van der Waals surface area contributed by atoms with Crippen molar-refractivity contribution in [3.63, 3.8) is 0 Å². The van der Waals surface area contributed by atoms with E-state index < -0.39 is 0 Å². The van der Waals surface area contributed by atoms with E-state index >= 15 is 0 Å². The van der Waals surface area contributed by atoms with Gasteiger partial charge in [-0.1, -0.05) is 0 Å². The van der Waals surface area contributed by atoms with Gasteiger partial charge in [0.05, 0.1) is 12.8 Å². The zero-order valence-electron chi connectivity index (χ0n) is 10.9. The second kappa shape index (κ2) is 5.75. The molecule has 0 heterocycles. The van der Waals surface area contributed by atoms with Crippen molar-refractivity contribution < 1.29 is 4.74 Å². The SMILES string of the molecule is COc1cc(C)c(C)cc1NCCN(C)C. The summed E-state index contributed by atoms with van der Waals surface area (Å²) in [5.74, 6) is 0.918. The number of benzene rings is 1. The van der Waals surface area contributed by atoms with Crippen LogP contribution in [0.15, 0.2) is 12.1 Å². The number of rotatable bonds is 5. The number of hydrogen-bond acceptors (Lipinski definition) is 3. The smallest absolute Gasteiger partial charge is 0.142 e. The van der Waals surface area contributed by atoms with Crippen molar-refractivity contribution in [2.75, 3.05) is 39.6 Å². The number of aryl methyl sites for hydroxylation is 2. The number of nitrogens with zero attached hydrogens (tertiary/aromatic N) is 1. The standard InChI is InChI=1S/C13H22N2O/c1-10-8-12(14-6-7-15(3)4)13(16-5)9-11(10)2/h8-9,14H,6-7H2,1-5H3. The van der Waals surface area contributed by atoms with E-state index in [2.05, 4.69) is 50.3 Å². The first kappa shape index (κ1) is 12.8. The summed E-state index contributed by atoms with van der Waals surface area (Å²) in [6.07, 6.45) is 0. The lowest BCUT2D eigenvalue weighted by Gasteiger charge is -2.15. The second-order valence-electron chi connectivity index (χ2n) is 4.37. The molecule has 0 spiro atoms. The fourth-order valence-corrected chi connectivity index (χ4v) is 1.51. The summed E-state index contributed by atoms with van der Waals surface area (Å²) in [5, 5.41) is 3.40. The van der Waals surface area contributed by atoms with Crippen LogP contribution in [-0.4, -0.2) is 39.2 Å². The van der Waals surface area contributed by atoms with E-state index in [4.69, 9.17) is 4.74 Å². The lowest BCUT2D eigenvalue weighted by molar-refractivity contribution is 0.412. The van der Waals surface area contributed by atoms with Gasteiger partial charge in [0.1, 0.15) is 5.75 Å². The van der Waals surface area contributed by atoms with Crippen LogP contribution in [0.2, 0.25) is 0 Å². The fourth-order valence-electron chi connectivity index (χ4n) is 1.51. The van der Waals surface area contributed by atoms with Gasteiger partial charge < -0.3 is 15.0 Å². The van der Waals surface area contributed by atoms with E-state index in [1.54, 1.807) is 7.11 Å². The molecule has 1 rings (SSSR count). The summed E-state index contributed by atoms with van der Waals surface area (Å²) in [5.41, 5.74) is 3.62. The number of hydrogen-bond donors (Lipinski definition) is 1.